The van der Waals surface area contributed by atoms with Gasteiger partial charge in [-0.25, -0.2) is 50.5 Å². The third-order valence-electron chi connectivity index (χ3n) is 17.0. The van der Waals surface area contributed by atoms with Gasteiger partial charge in [-0.15, -0.1) is 0 Å². The number of halogens is 2. The predicted octanol–water partition coefficient (Wildman–Crippen LogP) is 5.15. The first-order chi connectivity index (χ1) is 45.3. The highest BCUT2D eigenvalue weighted by molar-refractivity contribution is 9.10. The molecule has 6 fully saturated rings. The number of carboxylic acids is 2. The second kappa shape index (κ2) is 39.1. The lowest BCUT2D eigenvalue weighted by atomic mass is 9.91. The van der Waals surface area contributed by atoms with Gasteiger partial charge in [-0.2, -0.15) is 0 Å². The molecule has 524 valence electrons. The smallest absolute Gasteiger partial charge is 0.338 e. The Balaban J connectivity index is 0.000000209. The Morgan fingerprint density at radius 3 is 1.15 bits per heavy atom. The normalized spacial score (nSPS) is 19.8. The summed E-state index contributed by atoms with van der Waals surface area (Å²) in [5.41, 5.74) is -5.02. The van der Waals surface area contributed by atoms with Crippen molar-refractivity contribution < 1.29 is 78.7 Å². The number of likely N-dealkylation sites (tertiary alicyclic amines) is 2. The van der Waals surface area contributed by atoms with E-state index in [9.17, 15) is 49.5 Å². The first-order valence-electron chi connectivity index (χ1n) is 32.3. The lowest BCUT2D eigenvalue weighted by molar-refractivity contribution is -0.175. The lowest BCUT2D eigenvalue weighted by Gasteiger charge is -2.39. The van der Waals surface area contributed by atoms with Crippen molar-refractivity contribution in [1.29, 1.82) is 0 Å². The van der Waals surface area contributed by atoms with Gasteiger partial charge in [0.05, 0.1) is 41.6 Å². The molecule has 6 aliphatic rings. The number of esters is 3. The summed E-state index contributed by atoms with van der Waals surface area (Å²) in [6.45, 7) is 25.1. The minimum atomic E-state index is -1.52. The van der Waals surface area contributed by atoms with Crippen LogP contribution in [0.4, 0.5) is 11.9 Å². The number of hydrogen-bond acceptors (Lipinski definition) is 24. The van der Waals surface area contributed by atoms with Crippen molar-refractivity contribution in [2.24, 2.45) is 0 Å². The van der Waals surface area contributed by atoms with Crippen LogP contribution in [0.3, 0.4) is 0 Å². The number of carboxylic acid groups (broad SMARTS) is 2. The van der Waals surface area contributed by atoms with E-state index in [1.165, 1.54) is 11.1 Å². The van der Waals surface area contributed by atoms with Gasteiger partial charge in [-0.3, -0.25) is 14.6 Å². The lowest BCUT2D eigenvalue weighted by Crippen LogP contribution is -2.52. The van der Waals surface area contributed by atoms with E-state index in [0.717, 1.165) is 35.1 Å². The second-order valence-corrected chi connectivity index (χ2v) is 25.7. The Labute approximate surface area is 573 Å². The van der Waals surface area contributed by atoms with Crippen LogP contribution >= 0.6 is 31.9 Å². The summed E-state index contributed by atoms with van der Waals surface area (Å²) >= 11 is 6.60. The quantitative estimate of drug-likeness (QED) is 0.0398. The maximum Gasteiger partial charge on any atom is 0.338 e. The Bertz CT molecular complexity index is 2990. The van der Waals surface area contributed by atoms with Gasteiger partial charge in [0.25, 0.3) is 0 Å². The molecule has 9 N–H and O–H groups in total. The number of carbonyl (C=O) groups excluding carboxylic acids is 3. The van der Waals surface area contributed by atoms with Gasteiger partial charge in [0.2, 0.25) is 11.9 Å². The largest absolute Gasteiger partial charge is 0.479 e. The number of ether oxygens (including phenoxy) is 4. The summed E-state index contributed by atoms with van der Waals surface area (Å²) in [4.78, 5) is 85.1. The number of hydrogen-bond donors (Lipinski definition) is 9. The minimum absolute atomic E-state index is 0.261. The van der Waals surface area contributed by atoms with Crippen LogP contribution in [0.25, 0.3) is 4.85 Å². The summed E-state index contributed by atoms with van der Waals surface area (Å²) in [5, 5.41) is 72.3. The number of rotatable bonds is 16. The maximum atomic E-state index is 12.2. The Morgan fingerprint density at radius 2 is 0.800 bits per heavy atom. The summed E-state index contributed by atoms with van der Waals surface area (Å²) in [6, 6.07) is 20.4. The van der Waals surface area contributed by atoms with E-state index in [1.807, 2.05) is 55.1 Å². The molecule has 27 nitrogen and oxygen atoms in total. The van der Waals surface area contributed by atoms with Gasteiger partial charge in [0.15, 0.2) is 28.0 Å². The van der Waals surface area contributed by atoms with E-state index in [1.54, 1.807) is 38.6 Å². The van der Waals surface area contributed by atoms with Crippen molar-refractivity contribution in [1.82, 2.24) is 40.4 Å². The third kappa shape index (κ3) is 25.2. The first kappa shape index (κ1) is 79.3. The number of benzene rings is 2. The molecular formula is C66H95Br2N11O16. The number of aliphatic carboxylic acids is 2. The van der Waals surface area contributed by atoms with Gasteiger partial charge >= 0.3 is 35.6 Å². The molecule has 0 spiro atoms. The highest BCUT2D eigenvalue weighted by Gasteiger charge is 2.46. The fourth-order valence-corrected chi connectivity index (χ4v) is 11.4. The number of nitrogens with zero attached hydrogens (tertiary/aromatic N) is 9. The molecule has 4 aromatic rings. The highest BCUT2D eigenvalue weighted by Crippen LogP contribution is 2.31. The molecule has 0 aliphatic carbocycles. The molecular weight excluding hydrogens is 1360 g/mol. The van der Waals surface area contributed by atoms with Crippen molar-refractivity contribution in [2.45, 2.75) is 152 Å². The van der Waals surface area contributed by atoms with E-state index in [0.29, 0.717) is 174 Å². The van der Waals surface area contributed by atoms with Crippen molar-refractivity contribution in [3.8, 4) is 0 Å². The highest BCUT2D eigenvalue weighted by atomic mass is 79.9. The van der Waals surface area contributed by atoms with Crippen LogP contribution in [0.15, 0.2) is 94.4 Å². The zero-order valence-corrected chi connectivity index (χ0v) is 58.1. The number of nitrogens with one attached hydrogen (secondary N) is 2. The zero-order valence-electron chi connectivity index (χ0n) is 54.9. The minimum Gasteiger partial charge on any atom is -0.479 e. The molecule has 0 saturated carbocycles. The number of carbonyl (C=O) groups is 5. The third-order valence-corrected chi connectivity index (χ3v) is 17.8. The molecule has 6 aliphatic heterocycles. The van der Waals surface area contributed by atoms with Crippen LogP contribution in [0.5, 0.6) is 0 Å². The number of aliphatic hydroxyl groups is 5. The number of piperidine rings is 6. The van der Waals surface area contributed by atoms with E-state index in [4.69, 9.17) is 35.7 Å². The Kier molecular flexibility index (Phi) is 32.6. The SMILES string of the molecule is CCOC(=O)C1(O)CCN(c2ncc(Br)cn2)CC1.CCOC(=O)C1(O)CCNCC1.CCOC(=O)C1(OCC)CCN(c2ncc(Br)cn2)CC1.O=C(O)C1(O)CCN(Cc2ccccc2)CC1.O=C(O)C1(O)CCNCC1.[C-]#[N+]C1(O)CCN(Cc2ccccc2)CC1. The maximum absolute atomic E-state index is 12.2. The standard InChI is InChI=1S/C14H20BrN3O3.C13H16N2O.C13H17NO3.C12H16BrN3O3.C8H15NO3.C6H11NO3/c1-3-20-12(19)14(21-4-2)5-7-18(8-6-14)13-16-9-11(15)10-17-13;1-14-13(16)7-9-15(10-8-13)11-12-5-3-2-4-6-12;15-12(16)13(17)6-8-14(9-7-13)10-11-4-2-1-3-5-11;1-2-19-10(17)12(18)3-5-16(6-4-12)11-14-7-9(13)8-15-11;1-2-12-7(10)8(11)3-5-9-6-4-8;8-5(9)6(10)1-3-7-4-2-6/h9-10H,3-8H2,1-2H3;2-6,16H,7-11H2;1-5,17H,6-10H2,(H,15,16);7-8,18H,2-6H2,1H3;9,11H,2-6H2,1H3;7,10H,1-4H2,(H,8,9). The molecule has 0 bridgehead atoms. The number of anilines is 2. The molecule has 8 heterocycles. The molecule has 29 heteroatoms. The zero-order chi connectivity index (χ0) is 69.6. The molecule has 2 aromatic carbocycles. The molecule has 95 heavy (non-hydrogen) atoms. The van der Waals surface area contributed by atoms with Gasteiger partial charge in [-0.1, -0.05) is 60.7 Å². The van der Waals surface area contributed by atoms with Crippen LogP contribution in [-0.4, -0.2) is 234 Å². The summed E-state index contributed by atoms with van der Waals surface area (Å²) in [6.07, 6.45) is 11.8. The molecule has 2 aromatic heterocycles. The van der Waals surface area contributed by atoms with E-state index in [2.05, 4.69) is 106 Å². The van der Waals surface area contributed by atoms with Crippen LogP contribution in [0.2, 0.25) is 0 Å². The van der Waals surface area contributed by atoms with Crippen LogP contribution in [0, 0.1) is 6.57 Å². The molecule has 0 unspecified atom stereocenters. The number of aromatic nitrogens is 4. The van der Waals surface area contributed by atoms with Crippen LogP contribution in [-0.2, 0) is 56.0 Å². The van der Waals surface area contributed by atoms with Crippen molar-refractivity contribution in [3.63, 3.8) is 0 Å². The molecule has 10 rings (SSSR count). The second-order valence-electron chi connectivity index (χ2n) is 23.8. The van der Waals surface area contributed by atoms with Crippen molar-refractivity contribution >= 4 is 73.6 Å². The summed E-state index contributed by atoms with van der Waals surface area (Å²) in [5.74, 6) is -2.20. The molecule has 0 radical (unpaired) electrons. The van der Waals surface area contributed by atoms with Gasteiger partial charge in [-0.05, 0) is 135 Å². The Morgan fingerprint density at radius 1 is 0.474 bits per heavy atom. The molecule has 0 atom stereocenters. The van der Waals surface area contributed by atoms with Crippen LogP contribution < -0.4 is 20.4 Å². The van der Waals surface area contributed by atoms with E-state index in [-0.39, 0.29) is 12.6 Å². The van der Waals surface area contributed by atoms with Crippen molar-refractivity contribution in [2.75, 3.05) is 115 Å². The monoisotopic (exact) mass is 1460 g/mol. The average Bonchev–Trinajstić information content (AvgIpc) is 1.12. The van der Waals surface area contributed by atoms with Gasteiger partial charge in [0, 0.05) is 123 Å². The van der Waals surface area contributed by atoms with Gasteiger partial charge < -0.3 is 75.1 Å². The van der Waals surface area contributed by atoms with Gasteiger partial charge in [0.1, 0.15) is 0 Å². The van der Waals surface area contributed by atoms with Crippen molar-refractivity contribution in [3.05, 3.63) is 117 Å². The summed E-state index contributed by atoms with van der Waals surface area (Å²) < 4.78 is 22.2. The first-order valence-corrected chi connectivity index (χ1v) is 33.9. The molecule has 0 amide bonds. The van der Waals surface area contributed by atoms with Crippen LogP contribution in [0.1, 0.15) is 116 Å². The topological polar surface area (TPSA) is 357 Å². The Hall–Kier alpha value is -6.40. The molecule has 6 saturated heterocycles. The summed E-state index contributed by atoms with van der Waals surface area (Å²) in [7, 11) is 0. The predicted molar refractivity (Wildman–Crippen MR) is 359 cm³/mol. The fourth-order valence-electron chi connectivity index (χ4n) is 11.0. The average molecular weight is 1460 g/mol. The van der Waals surface area contributed by atoms with E-state index >= 15 is 0 Å². The fraction of sp³-hybridized carbons (Fsp3) is 0.606. The van der Waals surface area contributed by atoms with E-state index < -0.39 is 57.6 Å².